The number of rotatable bonds is 6. The van der Waals surface area contributed by atoms with E-state index in [0.717, 1.165) is 22.6 Å². The molecule has 0 spiro atoms. The minimum absolute atomic E-state index is 0.00563. The summed E-state index contributed by atoms with van der Waals surface area (Å²) in [6, 6.07) is 14.6. The molecular formula is C25H30O3. The Labute approximate surface area is 168 Å². The molecule has 0 heterocycles. The Morgan fingerprint density at radius 2 is 1.71 bits per heavy atom. The van der Waals surface area contributed by atoms with Gasteiger partial charge in [-0.25, -0.2) is 4.79 Å². The fraction of sp³-hybridized carbons (Fsp3) is 0.400. The molecule has 0 unspecified atom stereocenters. The molecule has 3 rings (SSSR count). The monoisotopic (exact) mass is 378 g/mol. The Balaban J connectivity index is 1.82. The molecule has 3 heteroatoms. The van der Waals surface area contributed by atoms with Crippen LogP contribution in [-0.2, 0) is 11.2 Å². The van der Waals surface area contributed by atoms with E-state index >= 15 is 0 Å². The molecule has 0 amide bonds. The first-order valence-corrected chi connectivity index (χ1v) is 10.2. The Morgan fingerprint density at radius 3 is 2.32 bits per heavy atom. The van der Waals surface area contributed by atoms with E-state index in [9.17, 15) is 9.90 Å². The SMILES string of the molecule is C=C(C)C(=O)Oc1cc(-c2ccc(C3CCC(C)CC3)cc2)ccc1CCO. The molecule has 0 aliphatic heterocycles. The van der Waals surface area contributed by atoms with Crippen molar-refractivity contribution in [1.29, 1.82) is 0 Å². The Kier molecular flexibility index (Phi) is 6.69. The smallest absolute Gasteiger partial charge is 0.338 e. The first-order valence-electron chi connectivity index (χ1n) is 10.2. The third-order valence-corrected chi connectivity index (χ3v) is 5.73. The number of aliphatic hydroxyl groups excluding tert-OH is 1. The van der Waals surface area contributed by atoms with Crippen LogP contribution >= 0.6 is 0 Å². The lowest BCUT2D eigenvalue weighted by atomic mass is 9.79. The van der Waals surface area contributed by atoms with Crippen molar-refractivity contribution >= 4 is 5.97 Å². The lowest BCUT2D eigenvalue weighted by Crippen LogP contribution is -2.10. The second-order valence-electron chi connectivity index (χ2n) is 8.04. The fourth-order valence-electron chi connectivity index (χ4n) is 3.88. The first-order chi connectivity index (χ1) is 13.5. The van der Waals surface area contributed by atoms with Crippen molar-refractivity contribution < 1.29 is 14.6 Å². The zero-order valence-electron chi connectivity index (χ0n) is 16.9. The van der Waals surface area contributed by atoms with Gasteiger partial charge in [-0.2, -0.15) is 0 Å². The molecule has 0 radical (unpaired) electrons. The van der Waals surface area contributed by atoms with E-state index < -0.39 is 5.97 Å². The summed E-state index contributed by atoms with van der Waals surface area (Å²) in [6.45, 7) is 7.62. The maximum Gasteiger partial charge on any atom is 0.338 e. The van der Waals surface area contributed by atoms with E-state index in [0.29, 0.717) is 23.7 Å². The van der Waals surface area contributed by atoms with Crippen LogP contribution in [0, 0.1) is 5.92 Å². The molecule has 28 heavy (non-hydrogen) atoms. The minimum atomic E-state index is -0.446. The molecule has 1 aliphatic rings. The van der Waals surface area contributed by atoms with Crippen molar-refractivity contribution in [3.05, 3.63) is 65.7 Å². The average molecular weight is 379 g/mol. The van der Waals surface area contributed by atoms with E-state index in [1.54, 1.807) is 6.92 Å². The molecule has 2 aromatic rings. The van der Waals surface area contributed by atoms with Gasteiger partial charge in [0.1, 0.15) is 5.75 Å². The quantitative estimate of drug-likeness (QED) is 0.400. The maximum atomic E-state index is 12.0. The number of benzene rings is 2. The number of esters is 1. The maximum absolute atomic E-state index is 12.0. The van der Waals surface area contributed by atoms with Gasteiger partial charge in [0, 0.05) is 12.2 Å². The van der Waals surface area contributed by atoms with Crippen LogP contribution in [0.25, 0.3) is 11.1 Å². The molecule has 1 N–H and O–H groups in total. The molecule has 1 fully saturated rings. The van der Waals surface area contributed by atoms with Gasteiger partial charge in [0.25, 0.3) is 0 Å². The Hall–Kier alpha value is -2.39. The van der Waals surface area contributed by atoms with E-state index in [1.807, 2.05) is 18.2 Å². The standard InChI is InChI=1S/C25H30O3/c1-17(2)25(27)28-24-16-23(13-12-22(24)14-15-26)21-10-8-20(9-11-21)19-6-4-18(3)5-7-19/h8-13,16,18-19,26H,1,4-7,14-15H2,2-3H3. The van der Waals surface area contributed by atoms with Gasteiger partial charge < -0.3 is 9.84 Å². The largest absolute Gasteiger partial charge is 0.423 e. The highest BCUT2D eigenvalue weighted by atomic mass is 16.5. The number of hydrogen-bond acceptors (Lipinski definition) is 3. The molecular weight excluding hydrogens is 348 g/mol. The summed E-state index contributed by atoms with van der Waals surface area (Å²) in [5, 5.41) is 9.29. The van der Waals surface area contributed by atoms with Crippen LogP contribution in [0.15, 0.2) is 54.6 Å². The molecule has 148 valence electrons. The molecule has 0 atom stereocenters. The molecule has 0 aromatic heterocycles. The van der Waals surface area contributed by atoms with Gasteiger partial charge in [0.15, 0.2) is 0 Å². The zero-order chi connectivity index (χ0) is 20.1. The van der Waals surface area contributed by atoms with E-state index in [-0.39, 0.29) is 6.61 Å². The minimum Gasteiger partial charge on any atom is -0.423 e. The second kappa shape index (κ2) is 9.20. The number of ether oxygens (including phenoxy) is 1. The van der Waals surface area contributed by atoms with Gasteiger partial charge in [-0.3, -0.25) is 0 Å². The van der Waals surface area contributed by atoms with Crippen LogP contribution in [0.4, 0.5) is 0 Å². The topological polar surface area (TPSA) is 46.5 Å². The van der Waals surface area contributed by atoms with Gasteiger partial charge in [-0.15, -0.1) is 0 Å². The third kappa shape index (κ3) is 4.90. The van der Waals surface area contributed by atoms with E-state index in [4.69, 9.17) is 4.74 Å². The van der Waals surface area contributed by atoms with Crippen molar-refractivity contribution in [1.82, 2.24) is 0 Å². The number of carbonyl (C=O) groups is 1. The van der Waals surface area contributed by atoms with Crippen LogP contribution in [-0.4, -0.2) is 17.7 Å². The summed E-state index contributed by atoms with van der Waals surface area (Å²) >= 11 is 0. The summed E-state index contributed by atoms with van der Waals surface area (Å²) in [5.41, 5.74) is 4.67. The first kappa shape index (κ1) is 20.3. The molecule has 0 saturated heterocycles. The number of carbonyl (C=O) groups excluding carboxylic acids is 1. The summed E-state index contributed by atoms with van der Waals surface area (Å²) in [4.78, 5) is 12.0. The Morgan fingerprint density at radius 1 is 1.07 bits per heavy atom. The van der Waals surface area contributed by atoms with Gasteiger partial charge >= 0.3 is 5.97 Å². The highest BCUT2D eigenvalue weighted by Crippen LogP contribution is 2.36. The van der Waals surface area contributed by atoms with E-state index in [2.05, 4.69) is 37.8 Å². The number of aliphatic hydroxyl groups is 1. The predicted octanol–water partition coefficient (Wildman–Crippen LogP) is 5.66. The molecule has 3 nitrogen and oxygen atoms in total. The molecule has 1 saturated carbocycles. The van der Waals surface area contributed by atoms with Gasteiger partial charge in [-0.1, -0.05) is 62.7 Å². The van der Waals surface area contributed by atoms with Crippen LogP contribution < -0.4 is 4.74 Å². The molecule has 0 bridgehead atoms. The normalized spacial score (nSPS) is 19.2. The lowest BCUT2D eigenvalue weighted by Gasteiger charge is -2.26. The van der Waals surface area contributed by atoms with Crippen molar-refractivity contribution in [3.8, 4) is 16.9 Å². The van der Waals surface area contributed by atoms with Crippen molar-refractivity contribution in [3.63, 3.8) is 0 Å². The van der Waals surface area contributed by atoms with Crippen molar-refractivity contribution in [2.75, 3.05) is 6.61 Å². The Bertz CT molecular complexity index is 827. The third-order valence-electron chi connectivity index (χ3n) is 5.73. The van der Waals surface area contributed by atoms with Crippen LogP contribution in [0.5, 0.6) is 5.75 Å². The van der Waals surface area contributed by atoms with Crippen LogP contribution in [0.1, 0.15) is 56.6 Å². The lowest BCUT2D eigenvalue weighted by molar-refractivity contribution is -0.130. The highest BCUT2D eigenvalue weighted by Gasteiger charge is 2.19. The van der Waals surface area contributed by atoms with E-state index in [1.165, 1.54) is 31.2 Å². The fourth-order valence-corrected chi connectivity index (χ4v) is 3.88. The van der Waals surface area contributed by atoms with Gasteiger partial charge in [0.2, 0.25) is 0 Å². The molecule has 1 aliphatic carbocycles. The average Bonchev–Trinajstić information content (AvgIpc) is 2.70. The van der Waals surface area contributed by atoms with Gasteiger partial charge in [0.05, 0.1) is 0 Å². The summed E-state index contributed by atoms with van der Waals surface area (Å²) in [5.74, 6) is 1.57. The second-order valence-corrected chi connectivity index (χ2v) is 8.04. The van der Waals surface area contributed by atoms with Crippen molar-refractivity contribution in [2.24, 2.45) is 5.92 Å². The van der Waals surface area contributed by atoms with Crippen molar-refractivity contribution in [2.45, 2.75) is 51.9 Å². The molecule has 2 aromatic carbocycles. The van der Waals surface area contributed by atoms with Crippen LogP contribution in [0.2, 0.25) is 0 Å². The predicted molar refractivity (Wildman–Crippen MR) is 113 cm³/mol. The summed E-state index contributed by atoms with van der Waals surface area (Å²) in [7, 11) is 0. The zero-order valence-corrected chi connectivity index (χ0v) is 16.9. The summed E-state index contributed by atoms with van der Waals surface area (Å²) < 4.78 is 5.50. The van der Waals surface area contributed by atoms with Gasteiger partial charge in [-0.05, 0) is 66.3 Å². The van der Waals surface area contributed by atoms with Crippen LogP contribution in [0.3, 0.4) is 0 Å². The number of hydrogen-bond donors (Lipinski definition) is 1. The summed E-state index contributed by atoms with van der Waals surface area (Å²) in [6.07, 6.45) is 5.62. The highest BCUT2D eigenvalue weighted by molar-refractivity contribution is 5.89.